The SMILES string of the molecule is C=C1CCC2(C)c3ccc(Br)cc3CCC2N1. The molecule has 1 aromatic rings. The summed E-state index contributed by atoms with van der Waals surface area (Å²) >= 11 is 3.58. The third-order valence-electron chi connectivity index (χ3n) is 4.48. The van der Waals surface area contributed by atoms with Crippen LogP contribution in [0.25, 0.3) is 0 Å². The van der Waals surface area contributed by atoms with Crippen LogP contribution < -0.4 is 5.32 Å². The van der Waals surface area contributed by atoms with Gasteiger partial charge in [0.2, 0.25) is 0 Å². The predicted molar refractivity (Wildman–Crippen MR) is 75.1 cm³/mol. The Bertz CT molecular complexity index is 480. The molecule has 2 atom stereocenters. The fraction of sp³-hybridized carbons (Fsp3) is 0.467. The van der Waals surface area contributed by atoms with E-state index in [9.17, 15) is 0 Å². The molecule has 1 aliphatic carbocycles. The largest absolute Gasteiger partial charge is 0.385 e. The third kappa shape index (κ3) is 1.74. The van der Waals surface area contributed by atoms with Gasteiger partial charge in [0.05, 0.1) is 0 Å². The molecule has 90 valence electrons. The second kappa shape index (κ2) is 3.88. The van der Waals surface area contributed by atoms with E-state index in [0.717, 1.165) is 6.42 Å². The van der Waals surface area contributed by atoms with E-state index in [1.807, 2.05) is 0 Å². The van der Waals surface area contributed by atoms with E-state index in [1.54, 1.807) is 0 Å². The van der Waals surface area contributed by atoms with Crippen LogP contribution in [0.1, 0.15) is 37.3 Å². The van der Waals surface area contributed by atoms with Crippen LogP contribution in [0.15, 0.2) is 34.9 Å². The zero-order valence-corrected chi connectivity index (χ0v) is 11.8. The Hall–Kier alpha value is -0.760. The lowest BCUT2D eigenvalue weighted by Gasteiger charge is -2.47. The summed E-state index contributed by atoms with van der Waals surface area (Å²) in [5.41, 5.74) is 4.56. The Labute approximate surface area is 111 Å². The summed E-state index contributed by atoms with van der Waals surface area (Å²) in [5, 5.41) is 3.61. The molecule has 0 aromatic heterocycles. The molecular weight excluding hydrogens is 274 g/mol. The Morgan fingerprint density at radius 2 is 2.24 bits per heavy atom. The number of fused-ring (bicyclic) bond motifs is 3. The summed E-state index contributed by atoms with van der Waals surface area (Å²) in [7, 11) is 0. The van der Waals surface area contributed by atoms with Gasteiger partial charge >= 0.3 is 0 Å². The summed E-state index contributed by atoms with van der Waals surface area (Å²) in [6.07, 6.45) is 4.72. The van der Waals surface area contributed by atoms with Crippen molar-refractivity contribution in [1.82, 2.24) is 5.32 Å². The number of benzene rings is 1. The van der Waals surface area contributed by atoms with E-state index in [4.69, 9.17) is 0 Å². The van der Waals surface area contributed by atoms with Crippen molar-refractivity contribution in [2.24, 2.45) is 0 Å². The van der Waals surface area contributed by atoms with Crippen LogP contribution in [-0.4, -0.2) is 6.04 Å². The molecule has 2 heteroatoms. The van der Waals surface area contributed by atoms with E-state index in [-0.39, 0.29) is 5.41 Å². The van der Waals surface area contributed by atoms with Gasteiger partial charge in [-0.25, -0.2) is 0 Å². The number of rotatable bonds is 0. The number of hydrogen-bond acceptors (Lipinski definition) is 1. The van der Waals surface area contributed by atoms with Crippen LogP contribution in [0.5, 0.6) is 0 Å². The fourth-order valence-electron chi connectivity index (χ4n) is 3.40. The topological polar surface area (TPSA) is 12.0 Å². The zero-order valence-electron chi connectivity index (χ0n) is 10.2. The predicted octanol–water partition coefficient (Wildman–Crippen LogP) is 3.92. The van der Waals surface area contributed by atoms with Gasteiger partial charge in [0.15, 0.2) is 0 Å². The Balaban J connectivity index is 2.07. The first-order chi connectivity index (χ1) is 8.09. The van der Waals surface area contributed by atoms with Gasteiger partial charge in [0.25, 0.3) is 0 Å². The first kappa shape index (κ1) is 11.3. The van der Waals surface area contributed by atoms with Crippen molar-refractivity contribution in [3.8, 4) is 0 Å². The van der Waals surface area contributed by atoms with Crippen LogP contribution >= 0.6 is 15.9 Å². The molecule has 1 heterocycles. The van der Waals surface area contributed by atoms with Gasteiger partial charge in [-0.15, -0.1) is 0 Å². The minimum Gasteiger partial charge on any atom is -0.385 e. The molecule has 1 saturated heterocycles. The zero-order chi connectivity index (χ0) is 12.0. The highest BCUT2D eigenvalue weighted by atomic mass is 79.9. The molecule has 1 aliphatic heterocycles. The molecule has 0 bridgehead atoms. The molecule has 0 radical (unpaired) electrons. The number of aryl methyl sites for hydroxylation is 1. The van der Waals surface area contributed by atoms with Crippen molar-refractivity contribution in [1.29, 1.82) is 0 Å². The smallest absolute Gasteiger partial charge is 0.0355 e. The Kier molecular flexibility index (Phi) is 2.58. The van der Waals surface area contributed by atoms with E-state index in [1.165, 1.54) is 40.6 Å². The highest BCUT2D eigenvalue weighted by Gasteiger charge is 2.42. The standard InChI is InChI=1S/C15H18BrN/c1-10-7-8-15(2)13-5-4-12(16)9-11(13)3-6-14(15)17-10/h4-5,9,14,17H,1,3,6-8H2,2H3. The van der Waals surface area contributed by atoms with E-state index < -0.39 is 0 Å². The summed E-state index contributed by atoms with van der Waals surface area (Å²) in [5.74, 6) is 0. The van der Waals surface area contributed by atoms with E-state index in [0.29, 0.717) is 6.04 Å². The van der Waals surface area contributed by atoms with Gasteiger partial charge in [-0.1, -0.05) is 35.5 Å². The first-order valence-corrected chi connectivity index (χ1v) is 7.12. The second-order valence-electron chi connectivity index (χ2n) is 5.56. The minimum atomic E-state index is 0.287. The molecule has 1 nitrogen and oxygen atoms in total. The van der Waals surface area contributed by atoms with Crippen molar-refractivity contribution in [3.63, 3.8) is 0 Å². The second-order valence-corrected chi connectivity index (χ2v) is 6.47. The van der Waals surface area contributed by atoms with E-state index >= 15 is 0 Å². The van der Waals surface area contributed by atoms with Crippen molar-refractivity contribution in [2.75, 3.05) is 0 Å². The minimum absolute atomic E-state index is 0.287. The Morgan fingerprint density at radius 3 is 3.06 bits per heavy atom. The van der Waals surface area contributed by atoms with Crippen LogP contribution in [0.2, 0.25) is 0 Å². The van der Waals surface area contributed by atoms with Crippen molar-refractivity contribution in [2.45, 2.75) is 44.1 Å². The number of nitrogens with one attached hydrogen (secondary N) is 1. The lowest BCUT2D eigenvalue weighted by Crippen LogP contribution is -2.52. The number of halogens is 1. The molecule has 3 rings (SSSR count). The molecule has 17 heavy (non-hydrogen) atoms. The van der Waals surface area contributed by atoms with Crippen LogP contribution in [-0.2, 0) is 11.8 Å². The highest BCUT2D eigenvalue weighted by Crippen LogP contribution is 2.44. The quantitative estimate of drug-likeness (QED) is 0.764. The Morgan fingerprint density at radius 1 is 1.41 bits per heavy atom. The van der Waals surface area contributed by atoms with Gasteiger partial charge in [-0.3, -0.25) is 0 Å². The van der Waals surface area contributed by atoms with Crippen LogP contribution in [0.4, 0.5) is 0 Å². The maximum Gasteiger partial charge on any atom is 0.0355 e. The molecule has 1 aromatic carbocycles. The van der Waals surface area contributed by atoms with Crippen molar-refractivity contribution >= 4 is 15.9 Å². The van der Waals surface area contributed by atoms with Crippen molar-refractivity contribution in [3.05, 3.63) is 46.1 Å². The van der Waals surface area contributed by atoms with Crippen LogP contribution in [0, 0.1) is 0 Å². The van der Waals surface area contributed by atoms with E-state index in [2.05, 4.69) is 52.9 Å². The normalized spacial score (nSPS) is 31.4. The monoisotopic (exact) mass is 291 g/mol. The molecule has 0 spiro atoms. The average Bonchev–Trinajstić information content (AvgIpc) is 2.30. The molecule has 0 saturated carbocycles. The summed E-state index contributed by atoms with van der Waals surface area (Å²) in [4.78, 5) is 0. The summed E-state index contributed by atoms with van der Waals surface area (Å²) in [6.45, 7) is 6.49. The van der Waals surface area contributed by atoms with Crippen molar-refractivity contribution < 1.29 is 0 Å². The molecule has 0 amide bonds. The third-order valence-corrected chi connectivity index (χ3v) is 4.97. The fourth-order valence-corrected chi connectivity index (χ4v) is 3.81. The van der Waals surface area contributed by atoms with Gasteiger partial charge in [0, 0.05) is 21.6 Å². The molecule has 2 aliphatic rings. The maximum absolute atomic E-state index is 4.09. The first-order valence-electron chi connectivity index (χ1n) is 6.33. The number of piperidine rings is 1. The molecule has 1 N–H and O–H groups in total. The maximum atomic E-state index is 4.09. The lowest BCUT2D eigenvalue weighted by molar-refractivity contribution is 0.246. The molecule has 1 fully saturated rings. The summed E-state index contributed by atoms with van der Waals surface area (Å²) < 4.78 is 1.20. The summed E-state index contributed by atoms with van der Waals surface area (Å²) in [6, 6.07) is 7.34. The van der Waals surface area contributed by atoms with Gasteiger partial charge in [-0.05, 0) is 48.9 Å². The van der Waals surface area contributed by atoms with Gasteiger partial charge in [0.1, 0.15) is 0 Å². The molecule has 2 unspecified atom stereocenters. The van der Waals surface area contributed by atoms with Gasteiger partial charge < -0.3 is 5.32 Å². The number of hydrogen-bond donors (Lipinski definition) is 1. The lowest BCUT2D eigenvalue weighted by atomic mass is 9.64. The van der Waals surface area contributed by atoms with Crippen LogP contribution in [0.3, 0.4) is 0 Å². The average molecular weight is 292 g/mol. The number of allylic oxidation sites excluding steroid dienone is 1. The highest BCUT2D eigenvalue weighted by molar-refractivity contribution is 9.10. The molecular formula is C15H18BrN. The van der Waals surface area contributed by atoms with Gasteiger partial charge in [-0.2, -0.15) is 0 Å².